The molecule has 12 aliphatic rings. The van der Waals surface area contributed by atoms with E-state index in [9.17, 15) is 0 Å². The second-order valence-corrected chi connectivity index (χ2v) is 70.2. The van der Waals surface area contributed by atoms with Crippen LogP contribution in [0.25, 0.3) is 11.1 Å². The average Bonchev–Trinajstić information content (AvgIpc) is 3.70. The van der Waals surface area contributed by atoms with Crippen molar-refractivity contribution in [2.75, 3.05) is 0 Å². The van der Waals surface area contributed by atoms with E-state index in [-0.39, 0.29) is 24.8 Å². The van der Waals surface area contributed by atoms with Crippen LogP contribution in [0.5, 0.6) is 0 Å². The predicted octanol–water partition coefficient (Wildman–Crippen LogP) is 9.79. The van der Waals surface area contributed by atoms with Crippen LogP contribution in [0.3, 0.4) is 0 Å². The van der Waals surface area contributed by atoms with E-state index in [0.29, 0.717) is 0 Å². The predicted molar refractivity (Wildman–Crippen MR) is 144 cm³/mol. The van der Waals surface area contributed by atoms with Crippen molar-refractivity contribution in [1.29, 1.82) is 0 Å². The standard InChI is InChI=1S/C27H21.C5H5.2ClH.Zr/c1-3-10-20(11-4-1)22-14-7-16-24(22)26-18-9-19-27(26)25-17-8-15-23(25)21-12-5-2-6-13-21;1-2-4-5-3-1;;;/h1-15,18-19H,16-17H2;1-5H;2*1H;. The minimum Gasteiger partial charge on any atom is -0.147 e. The van der Waals surface area contributed by atoms with Gasteiger partial charge < -0.3 is 0 Å². The molecule has 14 rings (SSSR count). The minimum absolute atomic E-state index is 0. The first-order valence-corrected chi connectivity index (χ1v) is 27.9. The quantitative estimate of drug-likeness (QED) is 0.341. The van der Waals surface area contributed by atoms with Gasteiger partial charge in [0.05, 0.1) is 0 Å². The van der Waals surface area contributed by atoms with Crippen molar-refractivity contribution in [3.8, 4) is 0 Å². The maximum atomic E-state index is 2.56. The van der Waals surface area contributed by atoms with Gasteiger partial charge in [-0.15, -0.1) is 24.8 Å². The Bertz CT molecular complexity index is 1860. The van der Waals surface area contributed by atoms with E-state index in [0.717, 1.165) is 6.25 Å². The molecule has 3 heteroatoms. The monoisotopic (exact) mass is 572 g/mol. The number of hydrogen-bond acceptors (Lipinski definition) is 0. The second kappa shape index (κ2) is 2.57. The molecule has 0 bridgehead atoms. The molecular formula is C32H28Cl2Zr. The number of fused-ring (bicyclic) bond motifs is 10. The summed E-state index contributed by atoms with van der Waals surface area (Å²) in [6.45, 7) is 0. The fourth-order valence-corrected chi connectivity index (χ4v) is 258. The zero-order valence-electron chi connectivity index (χ0n) is 19.4. The number of benzene rings is 2. The number of hydrogen-bond donors (Lipinski definition) is 0. The smallest absolute Gasteiger partial charge is 0.147 e. The fourth-order valence-electron chi connectivity index (χ4n) is 29.9. The van der Waals surface area contributed by atoms with Gasteiger partial charge in [0.15, 0.2) is 0 Å². The molecule has 10 fully saturated rings. The summed E-state index contributed by atoms with van der Waals surface area (Å²) >= 11 is -4.23. The fraction of sp³-hybridized carbons (Fsp3) is 0.375. The van der Waals surface area contributed by atoms with Crippen molar-refractivity contribution < 1.29 is 11.4 Å². The Kier molecular flexibility index (Phi) is 1.34. The second-order valence-electron chi connectivity index (χ2n) is 18.6. The molecule has 0 aromatic heterocycles. The largest absolute Gasteiger partial charge is 0.147 e. The summed E-state index contributed by atoms with van der Waals surface area (Å²) in [5.74, 6) is 0. The first-order valence-electron chi connectivity index (χ1n) is 14.1. The van der Waals surface area contributed by atoms with Gasteiger partial charge in [0.2, 0.25) is 0 Å². The Labute approximate surface area is 201 Å². The summed E-state index contributed by atoms with van der Waals surface area (Å²) in [7, 11) is 0. The number of allylic oxidation sites excluding steroid dienone is 8. The molecule has 0 nitrogen and oxygen atoms in total. The summed E-state index contributed by atoms with van der Waals surface area (Å²) in [5.41, 5.74) is 10.4. The first-order chi connectivity index (χ1) is 16.1. The Balaban J connectivity index is 0.000000814. The van der Waals surface area contributed by atoms with Gasteiger partial charge in [-0.3, -0.25) is 0 Å². The average molecular weight is 575 g/mol. The van der Waals surface area contributed by atoms with E-state index < -0.39 is 11.4 Å². The van der Waals surface area contributed by atoms with Crippen LogP contribution in [0, 0.1) is 0 Å². The van der Waals surface area contributed by atoms with Crippen molar-refractivity contribution in [3.63, 3.8) is 0 Å². The molecule has 2 aromatic carbocycles. The summed E-state index contributed by atoms with van der Waals surface area (Å²) in [4.78, 5) is 0. The summed E-state index contributed by atoms with van der Waals surface area (Å²) in [5, 5.41) is 0. The van der Waals surface area contributed by atoms with Gasteiger partial charge in [0.1, 0.15) is 0 Å². The van der Waals surface area contributed by atoms with Crippen LogP contribution in [0.1, 0.15) is 24.0 Å². The molecule has 174 valence electrons. The molecule has 1 spiro atoms. The number of rotatable bonds is 4. The third-order valence-electron chi connectivity index (χ3n) is 25.5. The maximum absolute atomic E-state index is 4.23. The Morgan fingerprint density at radius 2 is 0.943 bits per heavy atom. The Hall–Kier alpha value is -1.14. The van der Waals surface area contributed by atoms with E-state index in [4.69, 9.17) is 0 Å². The van der Waals surface area contributed by atoms with Crippen LogP contribution in [0.4, 0.5) is 0 Å². The summed E-state index contributed by atoms with van der Waals surface area (Å²) in [6.07, 6.45) is 12.8. The van der Waals surface area contributed by atoms with E-state index in [1.54, 1.807) is 11.1 Å². The molecule has 0 saturated carbocycles. The van der Waals surface area contributed by atoms with Crippen molar-refractivity contribution in [2.45, 2.75) is 48.1 Å². The molecule has 35 heavy (non-hydrogen) atoms. The molecule has 4 atom stereocenters. The number of halogens is 2. The van der Waals surface area contributed by atoms with Crippen LogP contribution < -0.4 is 0 Å². The molecule has 10 aliphatic heterocycles. The van der Waals surface area contributed by atoms with Gasteiger partial charge in [0.25, 0.3) is 0 Å². The van der Waals surface area contributed by atoms with Gasteiger partial charge in [-0.05, 0) is 0 Å². The summed E-state index contributed by atoms with van der Waals surface area (Å²) in [6, 6.07) is 23.0. The van der Waals surface area contributed by atoms with Gasteiger partial charge in [0, 0.05) is 0 Å². The van der Waals surface area contributed by atoms with Crippen LogP contribution >= 0.6 is 24.8 Å². The molecule has 4 unspecified atom stereocenters. The molecule has 10 saturated heterocycles. The van der Waals surface area contributed by atoms with E-state index in [1.807, 2.05) is 11.1 Å². The van der Waals surface area contributed by atoms with Crippen LogP contribution in [0.2, 0.25) is 35.3 Å². The van der Waals surface area contributed by atoms with Crippen molar-refractivity contribution >= 4 is 36.0 Å². The topological polar surface area (TPSA) is 0 Å². The maximum Gasteiger partial charge on any atom is -0.147 e. The van der Waals surface area contributed by atoms with Crippen LogP contribution in [0.15, 0.2) is 96.1 Å². The van der Waals surface area contributed by atoms with Crippen LogP contribution in [-0.4, -0.2) is 0 Å². The third kappa shape index (κ3) is 0.394. The molecule has 0 amide bonds. The molecule has 10 heterocycles. The molecule has 0 N–H and O–H groups in total. The SMILES string of the molecule is C1=CC(c2ccccc2)=C([C]23[CH]4[CH]5[CH]6[C]2(C2=C(c7ccccc7)C=CC2)[Zr]54632789[CH]3[CH]2[CH]7[CH]8[CH]39)C1.Cl.Cl. The van der Waals surface area contributed by atoms with E-state index >= 15 is 0 Å². The van der Waals surface area contributed by atoms with Gasteiger partial charge in [-0.25, -0.2) is 0 Å². The van der Waals surface area contributed by atoms with Crippen LogP contribution in [-0.2, 0) is 11.4 Å². The van der Waals surface area contributed by atoms with E-state index in [1.165, 1.54) is 53.0 Å². The van der Waals surface area contributed by atoms with Gasteiger partial charge in [-0.2, -0.15) is 0 Å². The zero-order valence-corrected chi connectivity index (χ0v) is 23.5. The Morgan fingerprint density at radius 3 is 1.29 bits per heavy atom. The Morgan fingerprint density at radius 1 is 0.543 bits per heavy atom. The normalized spacial score (nSPS) is 69.1. The van der Waals surface area contributed by atoms with Crippen molar-refractivity contribution in [3.05, 3.63) is 107 Å². The first kappa shape index (κ1) is 18.2. The van der Waals surface area contributed by atoms with Crippen molar-refractivity contribution in [1.82, 2.24) is 0 Å². The van der Waals surface area contributed by atoms with Crippen molar-refractivity contribution in [2.24, 2.45) is 0 Å². The minimum atomic E-state index is -4.23. The molecule has 2 aliphatic carbocycles. The molecule has 0 radical (unpaired) electrons. The van der Waals surface area contributed by atoms with Gasteiger partial charge >= 0.3 is 178 Å². The summed E-state index contributed by atoms with van der Waals surface area (Å²) < 4.78 is 12.3. The zero-order chi connectivity index (χ0) is 20.7. The third-order valence-corrected chi connectivity index (χ3v) is 121. The molecular weight excluding hydrogens is 546 g/mol. The van der Waals surface area contributed by atoms with E-state index in [2.05, 4.69) is 85.0 Å². The molecule has 2 aromatic rings. The van der Waals surface area contributed by atoms with Gasteiger partial charge in [-0.1, -0.05) is 0 Å².